The van der Waals surface area contributed by atoms with E-state index in [-0.39, 0.29) is 11.8 Å². The molecule has 0 spiro atoms. The number of hydrogen-bond donors (Lipinski definition) is 2. The van der Waals surface area contributed by atoms with Crippen LogP contribution in [0.2, 0.25) is 0 Å². The summed E-state index contributed by atoms with van der Waals surface area (Å²) in [5, 5.41) is 8.19. The van der Waals surface area contributed by atoms with E-state index < -0.39 is 0 Å². The van der Waals surface area contributed by atoms with E-state index in [0.717, 1.165) is 42.1 Å². The minimum absolute atomic E-state index is 0.0384. The van der Waals surface area contributed by atoms with Gasteiger partial charge in [0.2, 0.25) is 5.91 Å². The van der Waals surface area contributed by atoms with Gasteiger partial charge in [-0.05, 0) is 18.9 Å². The number of nitrogens with zero attached hydrogens (tertiary/aromatic N) is 3. The number of methoxy groups -OCH3 is 1. The first kappa shape index (κ1) is 20.3. The lowest BCUT2D eigenvalue weighted by atomic mass is 9.88. The molecule has 0 saturated heterocycles. The number of fused-ring (bicyclic) bond motifs is 1. The molecule has 3 aromatic heterocycles. The van der Waals surface area contributed by atoms with Crippen LogP contribution in [0.4, 0.5) is 11.5 Å². The lowest BCUT2D eigenvalue weighted by molar-refractivity contribution is -0.120. The van der Waals surface area contributed by atoms with Crippen LogP contribution in [0.25, 0.3) is 22.2 Å². The second kappa shape index (κ2) is 9.21. The predicted octanol–water partition coefficient (Wildman–Crippen LogP) is 4.17. The highest BCUT2D eigenvalue weighted by Crippen LogP contribution is 2.33. The Labute approximate surface area is 175 Å². The SMILES string of the molecule is COCCNc1c(NC(=O)C2CCCCC2)ncc2cnc(-c3cnc(C)o3)cc12. The highest BCUT2D eigenvalue weighted by molar-refractivity contribution is 6.03. The maximum Gasteiger partial charge on any atom is 0.228 e. The standard InChI is InChI=1S/C22H27N5O3/c1-14-24-13-19(30-14)18-10-17-16(11-25-18)12-26-21(20(17)23-8-9-29-2)27-22(28)15-6-4-3-5-7-15/h10-13,15,23H,3-9H2,1-2H3,(H,26,27,28). The summed E-state index contributed by atoms with van der Waals surface area (Å²) in [5.74, 6) is 1.80. The van der Waals surface area contributed by atoms with Gasteiger partial charge in [-0.15, -0.1) is 0 Å². The van der Waals surface area contributed by atoms with E-state index in [1.165, 1.54) is 6.42 Å². The van der Waals surface area contributed by atoms with Crippen LogP contribution in [-0.4, -0.2) is 41.1 Å². The van der Waals surface area contributed by atoms with Gasteiger partial charge in [-0.25, -0.2) is 9.97 Å². The van der Waals surface area contributed by atoms with E-state index in [1.54, 1.807) is 32.6 Å². The minimum Gasteiger partial charge on any atom is -0.439 e. The molecule has 1 aliphatic rings. The second-order valence-corrected chi connectivity index (χ2v) is 7.63. The summed E-state index contributed by atoms with van der Waals surface area (Å²) in [4.78, 5) is 26.0. The summed E-state index contributed by atoms with van der Waals surface area (Å²) in [6.45, 7) is 2.92. The molecular formula is C22H27N5O3. The molecule has 0 unspecified atom stereocenters. The van der Waals surface area contributed by atoms with Gasteiger partial charge in [0.25, 0.3) is 0 Å². The molecule has 8 nitrogen and oxygen atoms in total. The number of aromatic nitrogens is 3. The van der Waals surface area contributed by atoms with Gasteiger partial charge in [0, 0.05) is 49.7 Å². The van der Waals surface area contributed by atoms with Crippen LogP contribution < -0.4 is 10.6 Å². The van der Waals surface area contributed by atoms with E-state index in [9.17, 15) is 4.79 Å². The van der Waals surface area contributed by atoms with Crippen molar-refractivity contribution in [3.8, 4) is 11.5 Å². The number of pyridine rings is 2. The van der Waals surface area contributed by atoms with E-state index in [4.69, 9.17) is 9.15 Å². The van der Waals surface area contributed by atoms with Crippen molar-refractivity contribution < 1.29 is 13.9 Å². The molecule has 0 aliphatic heterocycles. The van der Waals surface area contributed by atoms with E-state index in [1.807, 2.05) is 6.07 Å². The van der Waals surface area contributed by atoms with Crippen LogP contribution in [0.5, 0.6) is 0 Å². The summed E-state index contributed by atoms with van der Waals surface area (Å²) in [6, 6.07) is 1.93. The Bertz CT molecular complexity index is 1030. The monoisotopic (exact) mass is 409 g/mol. The van der Waals surface area contributed by atoms with Crippen molar-refractivity contribution in [1.29, 1.82) is 0 Å². The Hall–Kier alpha value is -3.00. The third kappa shape index (κ3) is 4.43. The van der Waals surface area contributed by atoms with E-state index in [0.29, 0.717) is 36.3 Å². The van der Waals surface area contributed by atoms with E-state index >= 15 is 0 Å². The van der Waals surface area contributed by atoms with Crippen LogP contribution in [0.1, 0.15) is 38.0 Å². The number of carbonyl (C=O) groups excluding carboxylic acids is 1. The zero-order chi connectivity index (χ0) is 20.9. The second-order valence-electron chi connectivity index (χ2n) is 7.63. The van der Waals surface area contributed by atoms with E-state index in [2.05, 4.69) is 25.6 Å². The Morgan fingerprint density at radius 1 is 1.17 bits per heavy atom. The number of nitrogens with one attached hydrogen (secondary N) is 2. The summed E-state index contributed by atoms with van der Waals surface area (Å²) in [7, 11) is 1.66. The molecule has 1 amide bonds. The third-order valence-electron chi connectivity index (χ3n) is 5.47. The molecule has 0 aromatic carbocycles. The molecule has 0 bridgehead atoms. The quantitative estimate of drug-likeness (QED) is 0.565. The van der Waals surface area contributed by atoms with Gasteiger partial charge in [0.15, 0.2) is 17.5 Å². The average molecular weight is 409 g/mol. The van der Waals surface area contributed by atoms with Crippen LogP contribution in [0.15, 0.2) is 29.1 Å². The zero-order valence-corrected chi connectivity index (χ0v) is 17.4. The molecule has 3 aromatic rings. The minimum atomic E-state index is 0.0384. The first-order valence-corrected chi connectivity index (χ1v) is 10.4. The number of ether oxygens (including phenoxy) is 1. The first-order valence-electron chi connectivity index (χ1n) is 10.4. The number of rotatable bonds is 7. The summed E-state index contributed by atoms with van der Waals surface area (Å²) >= 11 is 0. The highest BCUT2D eigenvalue weighted by Gasteiger charge is 2.23. The zero-order valence-electron chi connectivity index (χ0n) is 17.4. The molecule has 8 heteroatoms. The molecular weight excluding hydrogens is 382 g/mol. The number of oxazole rings is 1. The highest BCUT2D eigenvalue weighted by atomic mass is 16.5. The normalized spacial score (nSPS) is 14.7. The maximum absolute atomic E-state index is 12.8. The average Bonchev–Trinajstić information content (AvgIpc) is 3.21. The molecule has 0 atom stereocenters. The van der Waals surface area contributed by atoms with Crippen LogP contribution >= 0.6 is 0 Å². The van der Waals surface area contributed by atoms with Gasteiger partial charge in [-0.3, -0.25) is 9.78 Å². The number of aryl methyl sites for hydroxylation is 1. The van der Waals surface area contributed by atoms with Crippen LogP contribution in [0, 0.1) is 12.8 Å². The Morgan fingerprint density at radius 2 is 1.97 bits per heavy atom. The third-order valence-corrected chi connectivity index (χ3v) is 5.47. The molecule has 1 aliphatic carbocycles. The smallest absolute Gasteiger partial charge is 0.228 e. The van der Waals surface area contributed by atoms with Crippen molar-refractivity contribution in [2.75, 3.05) is 30.9 Å². The molecule has 30 heavy (non-hydrogen) atoms. The van der Waals surface area contributed by atoms with Crippen LogP contribution in [0.3, 0.4) is 0 Å². The van der Waals surface area contributed by atoms with Crippen molar-refractivity contribution >= 4 is 28.2 Å². The number of anilines is 2. The molecule has 3 heterocycles. The van der Waals surface area contributed by atoms with Gasteiger partial charge < -0.3 is 19.8 Å². The number of amides is 1. The fraction of sp³-hybridized carbons (Fsp3) is 0.455. The number of hydrogen-bond acceptors (Lipinski definition) is 7. The van der Waals surface area contributed by atoms with Crippen molar-refractivity contribution in [3.05, 3.63) is 30.5 Å². The lowest BCUT2D eigenvalue weighted by Crippen LogP contribution is -2.26. The fourth-order valence-electron chi connectivity index (χ4n) is 3.86. The molecule has 2 N–H and O–H groups in total. The maximum atomic E-state index is 12.8. The first-order chi connectivity index (χ1) is 14.7. The number of carbonyl (C=O) groups is 1. The van der Waals surface area contributed by atoms with Crippen LogP contribution in [-0.2, 0) is 9.53 Å². The molecule has 1 fully saturated rings. The summed E-state index contributed by atoms with van der Waals surface area (Å²) < 4.78 is 10.8. The van der Waals surface area contributed by atoms with Gasteiger partial charge >= 0.3 is 0 Å². The van der Waals surface area contributed by atoms with Gasteiger partial charge in [0.1, 0.15) is 5.69 Å². The van der Waals surface area contributed by atoms with Crippen molar-refractivity contribution in [2.24, 2.45) is 5.92 Å². The van der Waals surface area contributed by atoms with Crippen molar-refractivity contribution in [1.82, 2.24) is 15.0 Å². The van der Waals surface area contributed by atoms with Crippen molar-refractivity contribution in [3.63, 3.8) is 0 Å². The Morgan fingerprint density at radius 3 is 2.70 bits per heavy atom. The van der Waals surface area contributed by atoms with Crippen molar-refractivity contribution in [2.45, 2.75) is 39.0 Å². The molecule has 4 rings (SSSR count). The molecule has 1 saturated carbocycles. The predicted molar refractivity (Wildman–Crippen MR) is 115 cm³/mol. The Kier molecular flexibility index (Phi) is 6.23. The summed E-state index contributed by atoms with van der Waals surface area (Å²) in [5.41, 5.74) is 1.43. The molecule has 158 valence electrons. The lowest BCUT2D eigenvalue weighted by Gasteiger charge is -2.22. The van der Waals surface area contributed by atoms with Gasteiger partial charge in [-0.2, -0.15) is 0 Å². The summed E-state index contributed by atoms with van der Waals surface area (Å²) in [6.07, 6.45) is 10.4. The fourth-order valence-corrected chi connectivity index (χ4v) is 3.86. The topological polar surface area (TPSA) is 102 Å². The Balaban J connectivity index is 1.70. The molecule has 0 radical (unpaired) electrons. The van der Waals surface area contributed by atoms with Gasteiger partial charge in [-0.1, -0.05) is 19.3 Å². The largest absolute Gasteiger partial charge is 0.439 e. The van der Waals surface area contributed by atoms with Gasteiger partial charge in [0.05, 0.1) is 18.5 Å².